The van der Waals surface area contributed by atoms with Crippen LogP contribution in [0.25, 0.3) is 0 Å². The molecule has 2 aliphatic heterocycles. The molecule has 4 amide bonds. The number of carboxylic acid groups (broad SMARTS) is 2. The summed E-state index contributed by atoms with van der Waals surface area (Å²) in [4.78, 5) is 78.8. The van der Waals surface area contributed by atoms with Crippen molar-refractivity contribution in [2.75, 3.05) is 9.80 Å². The highest BCUT2D eigenvalue weighted by molar-refractivity contribution is 6.26. The van der Waals surface area contributed by atoms with Gasteiger partial charge in [-0.25, -0.2) is 19.4 Å². The van der Waals surface area contributed by atoms with Crippen molar-refractivity contribution in [1.29, 1.82) is 0 Å². The van der Waals surface area contributed by atoms with Crippen LogP contribution in [0, 0.1) is 35.5 Å². The van der Waals surface area contributed by atoms with E-state index in [0.29, 0.717) is 0 Å². The maximum Gasteiger partial charge on any atom is 0.335 e. The van der Waals surface area contributed by atoms with Crippen molar-refractivity contribution in [3.8, 4) is 0 Å². The molecule has 0 radical (unpaired) electrons. The predicted molar refractivity (Wildman–Crippen MR) is 122 cm³/mol. The molecule has 7 rings (SSSR count). The van der Waals surface area contributed by atoms with Gasteiger partial charge < -0.3 is 10.2 Å². The Morgan fingerprint density at radius 3 is 1.22 bits per heavy atom. The summed E-state index contributed by atoms with van der Waals surface area (Å²) in [5, 5.41) is 18.6. The molecular formula is C26H18N2O8. The number of carbonyl (C=O) groups excluding carboxylic acids is 4. The number of anilines is 2. The van der Waals surface area contributed by atoms with Crippen LogP contribution in [-0.2, 0) is 19.2 Å². The third-order valence-corrected chi connectivity index (χ3v) is 7.71. The van der Waals surface area contributed by atoms with Crippen LogP contribution in [0.15, 0.2) is 60.7 Å². The zero-order valence-electron chi connectivity index (χ0n) is 18.5. The minimum Gasteiger partial charge on any atom is -0.478 e. The van der Waals surface area contributed by atoms with Crippen LogP contribution in [0.3, 0.4) is 0 Å². The van der Waals surface area contributed by atoms with Gasteiger partial charge >= 0.3 is 11.9 Å². The number of hydrogen-bond acceptors (Lipinski definition) is 6. The third kappa shape index (κ3) is 2.78. The average Bonchev–Trinajstić information content (AvgIpc) is 3.31. The van der Waals surface area contributed by atoms with Gasteiger partial charge in [-0.1, -0.05) is 24.3 Å². The molecule has 180 valence electrons. The molecule has 2 bridgehead atoms. The lowest BCUT2D eigenvalue weighted by Crippen LogP contribution is -2.50. The second kappa shape index (κ2) is 7.45. The van der Waals surface area contributed by atoms with Crippen LogP contribution >= 0.6 is 0 Å². The maximum absolute atomic E-state index is 13.5. The number of benzene rings is 2. The van der Waals surface area contributed by atoms with Crippen molar-refractivity contribution in [3.05, 3.63) is 71.8 Å². The van der Waals surface area contributed by atoms with Gasteiger partial charge in [-0.15, -0.1) is 0 Å². The Balaban J connectivity index is 1.38. The number of rotatable bonds is 4. The molecular weight excluding hydrogens is 468 g/mol. The lowest BCUT2D eigenvalue weighted by molar-refractivity contribution is -0.137. The SMILES string of the molecule is O=C(O)c1cccc(N2C(=O)[C@@H]3C4C=CC([C@H]5C(=O)N(c6cccc(C(=O)O)c6)C(=O)[C@@H]45)[C@@H]3C2=O)c1. The number of nitrogens with zero attached hydrogens (tertiary/aromatic N) is 2. The van der Waals surface area contributed by atoms with Gasteiger partial charge in [-0.3, -0.25) is 19.2 Å². The summed E-state index contributed by atoms with van der Waals surface area (Å²) in [5.41, 5.74) is 0.110. The molecule has 3 fully saturated rings. The van der Waals surface area contributed by atoms with Gasteiger partial charge in [0.15, 0.2) is 0 Å². The molecule has 2 heterocycles. The summed E-state index contributed by atoms with van der Waals surface area (Å²) in [5.74, 6) is -9.35. The van der Waals surface area contributed by atoms with Gasteiger partial charge in [-0.2, -0.15) is 0 Å². The largest absolute Gasteiger partial charge is 0.478 e. The monoisotopic (exact) mass is 486 g/mol. The fourth-order valence-electron chi connectivity index (χ4n) is 6.29. The Bertz CT molecular complexity index is 1290. The predicted octanol–water partition coefficient (Wildman–Crippen LogP) is 1.81. The molecule has 2 N–H and O–H groups in total. The average molecular weight is 486 g/mol. The highest BCUT2D eigenvalue weighted by Gasteiger charge is 2.68. The topological polar surface area (TPSA) is 149 Å². The summed E-state index contributed by atoms with van der Waals surface area (Å²) in [7, 11) is 0. The van der Waals surface area contributed by atoms with E-state index in [-0.39, 0.29) is 22.5 Å². The lowest BCUT2D eigenvalue weighted by atomic mass is 9.54. The quantitative estimate of drug-likeness (QED) is 0.491. The van der Waals surface area contributed by atoms with Gasteiger partial charge in [0.25, 0.3) is 0 Å². The van der Waals surface area contributed by atoms with Crippen LogP contribution in [0.4, 0.5) is 11.4 Å². The summed E-state index contributed by atoms with van der Waals surface area (Å²) < 4.78 is 0. The van der Waals surface area contributed by atoms with E-state index in [0.717, 1.165) is 9.80 Å². The van der Waals surface area contributed by atoms with Crippen molar-refractivity contribution in [2.45, 2.75) is 0 Å². The van der Waals surface area contributed by atoms with Crippen LogP contribution < -0.4 is 9.80 Å². The van der Waals surface area contributed by atoms with Crippen molar-refractivity contribution in [3.63, 3.8) is 0 Å². The molecule has 1 saturated carbocycles. The van der Waals surface area contributed by atoms with Gasteiger partial charge in [0.2, 0.25) is 23.6 Å². The van der Waals surface area contributed by atoms with Crippen molar-refractivity contribution >= 4 is 46.9 Å². The Kier molecular flexibility index (Phi) is 4.53. The summed E-state index contributed by atoms with van der Waals surface area (Å²) >= 11 is 0. The molecule has 5 aliphatic rings. The van der Waals surface area contributed by atoms with E-state index in [2.05, 4.69) is 0 Å². The minimum absolute atomic E-state index is 0.0782. The molecule has 2 unspecified atom stereocenters. The van der Waals surface area contributed by atoms with E-state index in [1.807, 2.05) is 0 Å². The molecule has 10 heteroatoms. The standard InChI is InChI=1S/C26H18N2O8/c29-21-17-15-7-8-16(18(17)22(30)27(21)13-5-1-3-11(9-13)25(33)34)20-19(15)23(31)28(24(20)32)14-6-2-4-12(10-14)26(35)36/h1-10,15-20H,(H,33,34)(H,35,36)/t15?,16?,17-,18+,19+,20-. The maximum atomic E-state index is 13.5. The number of allylic oxidation sites excluding steroid dienone is 2. The fourth-order valence-corrected chi connectivity index (χ4v) is 6.29. The number of amides is 4. The van der Waals surface area contributed by atoms with Crippen LogP contribution in [-0.4, -0.2) is 45.8 Å². The van der Waals surface area contributed by atoms with E-state index < -0.39 is 71.1 Å². The van der Waals surface area contributed by atoms with E-state index in [1.165, 1.54) is 48.5 Å². The first-order valence-electron chi connectivity index (χ1n) is 11.3. The molecule has 36 heavy (non-hydrogen) atoms. The fraction of sp³-hybridized carbons (Fsp3) is 0.231. The molecule has 0 spiro atoms. The van der Waals surface area contributed by atoms with Gasteiger partial charge in [-0.05, 0) is 36.4 Å². The molecule has 0 aromatic heterocycles. The first-order valence-corrected chi connectivity index (χ1v) is 11.3. The van der Waals surface area contributed by atoms with Gasteiger partial charge in [0.1, 0.15) is 0 Å². The van der Waals surface area contributed by atoms with Gasteiger partial charge in [0.05, 0.1) is 46.2 Å². The number of carbonyl (C=O) groups is 6. The second-order valence-electron chi connectivity index (χ2n) is 9.38. The molecule has 3 aliphatic carbocycles. The Morgan fingerprint density at radius 1 is 0.583 bits per heavy atom. The molecule has 2 aromatic carbocycles. The highest BCUT2D eigenvalue weighted by Crippen LogP contribution is 2.58. The molecule has 2 saturated heterocycles. The smallest absolute Gasteiger partial charge is 0.335 e. The number of aromatic carboxylic acids is 2. The van der Waals surface area contributed by atoms with Crippen LogP contribution in [0.5, 0.6) is 0 Å². The zero-order chi connectivity index (χ0) is 25.5. The Labute approximate surface area is 203 Å². The number of imide groups is 2. The lowest BCUT2D eigenvalue weighted by Gasteiger charge is -2.44. The summed E-state index contributed by atoms with van der Waals surface area (Å²) in [6.45, 7) is 0. The first kappa shape index (κ1) is 21.9. The second-order valence-corrected chi connectivity index (χ2v) is 9.38. The van der Waals surface area contributed by atoms with E-state index >= 15 is 0 Å². The Hall–Kier alpha value is -4.60. The minimum atomic E-state index is -1.20. The number of hydrogen-bond donors (Lipinski definition) is 2. The van der Waals surface area contributed by atoms with E-state index in [1.54, 1.807) is 12.2 Å². The molecule has 6 atom stereocenters. The normalized spacial score (nSPS) is 30.1. The first-order chi connectivity index (χ1) is 17.2. The third-order valence-electron chi connectivity index (χ3n) is 7.71. The summed E-state index contributed by atoms with van der Waals surface area (Å²) in [6, 6.07) is 11.0. The van der Waals surface area contributed by atoms with E-state index in [4.69, 9.17) is 0 Å². The van der Waals surface area contributed by atoms with Crippen molar-refractivity contribution < 1.29 is 39.0 Å². The van der Waals surface area contributed by atoms with Crippen LogP contribution in [0.2, 0.25) is 0 Å². The zero-order valence-corrected chi connectivity index (χ0v) is 18.5. The highest BCUT2D eigenvalue weighted by atomic mass is 16.4. The molecule has 2 aromatic rings. The van der Waals surface area contributed by atoms with Gasteiger partial charge in [0, 0.05) is 11.8 Å². The van der Waals surface area contributed by atoms with E-state index in [9.17, 15) is 39.0 Å². The molecule has 10 nitrogen and oxygen atoms in total. The number of carboxylic acids is 2. The van der Waals surface area contributed by atoms with Crippen molar-refractivity contribution in [2.24, 2.45) is 35.5 Å². The van der Waals surface area contributed by atoms with Crippen molar-refractivity contribution in [1.82, 2.24) is 0 Å². The van der Waals surface area contributed by atoms with Crippen LogP contribution in [0.1, 0.15) is 20.7 Å². The Morgan fingerprint density at radius 2 is 0.917 bits per heavy atom. The summed E-state index contributed by atoms with van der Waals surface area (Å²) in [6.07, 6.45) is 3.44.